The normalized spacial score (nSPS) is 29.4. The summed E-state index contributed by atoms with van der Waals surface area (Å²) in [5.41, 5.74) is 0. The number of amides is 2. The number of rotatable bonds is 3. The van der Waals surface area contributed by atoms with Crippen molar-refractivity contribution in [2.24, 2.45) is 11.8 Å². The molecule has 16 heavy (non-hydrogen) atoms. The summed E-state index contributed by atoms with van der Waals surface area (Å²) in [6, 6.07) is 0. The highest BCUT2D eigenvalue weighted by molar-refractivity contribution is 6.05. The zero-order valence-electron chi connectivity index (χ0n) is 9.02. The molecule has 1 saturated carbocycles. The van der Waals surface area contributed by atoms with Crippen molar-refractivity contribution in [1.29, 1.82) is 0 Å². The van der Waals surface area contributed by atoms with Gasteiger partial charge in [-0.15, -0.1) is 0 Å². The number of carboxylic acid groups (broad SMARTS) is 1. The predicted octanol–water partition coefficient (Wildman–Crippen LogP) is 0.636. The van der Waals surface area contributed by atoms with Gasteiger partial charge in [-0.1, -0.05) is 12.8 Å². The van der Waals surface area contributed by atoms with Crippen LogP contribution in [0.1, 0.15) is 32.1 Å². The Kier molecular flexibility index (Phi) is 2.94. The Labute approximate surface area is 93.4 Å². The van der Waals surface area contributed by atoms with Crippen LogP contribution in [-0.4, -0.2) is 34.3 Å². The summed E-state index contributed by atoms with van der Waals surface area (Å²) in [7, 11) is 0. The van der Waals surface area contributed by atoms with Gasteiger partial charge < -0.3 is 5.11 Å². The SMILES string of the molecule is O=C(O)CCN1C(=O)[C@H]2CCCC[C@@H]2C1=O. The van der Waals surface area contributed by atoms with Crippen molar-refractivity contribution in [2.45, 2.75) is 32.1 Å². The van der Waals surface area contributed by atoms with E-state index in [4.69, 9.17) is 5.11 Å². The van der Waals surface area contributed by atoms with Crippen LogP contribution in [0.4, 0.5) is 0 Å². The van der Waals surface area contributed by atoms with Crippen molar-refractivity contribution in [2.75, 3.05) is 6.54 Å². The van der Waals surface area contributed by atoms with Crippen LogP contribution < -0.4 is 0 Å². The van der Waals surface area contributed by atoms with Crippen molar-refractivity contribution in [3.63, 3.8) is 0 Å². The van der Waals surface area contributed by atoms with Gasteiger partial charge in [0.15, 0.2) is 0 Å². The predicted molar refractivity (Wildman–Crippen MR) is 54.4 cm³/mol. The monoisotopic (exact) mass is 225 g/mol. The number of hydrogen-bond donors (Lipinski definition) is 1. The summed E-state index contributed by atoms with van der Waals surface area (Å²) in [5.74, 6) is -1.63. The van der Waals surface area contributed by atoms with Gasteiger partial charge in [-0.25, -0.2) is 0 Å². The van der Waals surface area contributed by atoms with E-state index in [2.05, 4.69) is 0 Å². The molecule has 1 N–H and O–H groups in total. The van der Waals surface area contributed by atoms with Crippen molar-refractivity contribution in [3.05, 3.63) is 0 Å². The lowest BCUT2D eigenvalue weighted by molar-refractivity contribution is -0.142. The first kappa shape index (κ1) is 11.1. The number of imide groups is 1. The van der Waals surface area contributed by atoms with Gasteiger partial charge in [0.2, 0.25) is 11.8 Å². The number of carbonyl (C=O) groups is 3. The minimum Gasteiger partial charge on any atom is -0.481 e. The van der Waals surface area contributed by atoms with E-state index in [1.807, 2.05) is 0 Å². The third kappa shape index (κ3) is 1.81. The molecule has 2 atom stereocenters. The van der Waals surface area contributed by atoms with Gasteiger partial charge in [0.25, 0.3) is 0 Å². The van der Waals surface area contributed by atoms with E-state index in [1.165, 1.54) is 0 Å². The molecule has 5 heteroatoms. The molecule has 0 radical (unpaired) electrons. The first-order valence-electron chi connectivity index (χ1n) is 5.68. The maximum absolute atomic E-state index is 11.9. The van der Waals surface area contributed by atoms with Crippen LogP contribution in [0.25, 0.3) is 0 Å². The molecule has 2 fully saturated rings. The average molecular weight is 225 g/mol. The van der Waals surface area contributed by atoms with Crippen molar-refractivity contribution in [1.82, 2.24) is 4.90 Å². The molecular formula is C11H15NO4. The molecule has 1 aliphatic heterocycles. The van der Waals surface area contributed by atoms with Gasteiger partial charge in [-0.3, -0.25) is 19.3 Å². The number of likely N-dealkylation sites (tertiary alicyclic amines) is 1. The Balaban J connectivity index is 2.06. The minimum atomic E-state index is -0.976. The van der Waals surface area contributed by atoms with Gasteiger partial charge in [-0.05, 0) is 12.8 Å². The lowest BCUT2D eigenvalue weighted by Crippen LogP contribution is -2.33. The molecule has 0 bridgehead atoms. The molecule has 0 spiro atoms. The van der Waals surface area contributed by atoms with Gasteiger partial charge in [0.05, 0.1) is 18.3 Å². The molecule has 1 aliphatic carbocycles. The van der Waals surface area contributed by atoms with Crippen molar-refractivity contribution >= 4 is 17.8 Å². The first-order chi connectivity index (χ1) is 7.61. The van der Waals surface area contributed by atoms with Crippen LogP contribution in [0.5, 0.6) is 0 Å². The van der Waals surface area contributed by atoms with Crippen LogP contribution in [-0.2, 0) is 14.4 Å². The highest BCUT2D eigenvalue weighted by Crippen LogP contribution is 2.37. The largest absolute Gasteiger partial charge is 0.481 e. The third-order valence-corrected chi connectivity index (χ3v) is 3.48. The number of hydrogen-bond acceptors (Lipinski definition) is 3. The number of carboxylic acids is 1. The second-order valence-electron chi connectivity index (χ2n) is 4.47. The lowest BCUT2D eigenvalue weighted by atomic mass is 9.81. The zero-order chi connectivity index (χ0) is 11.7. The minimum absolute atomic E-state index is 0.0278. The summed E-state index contributed by atoms with van der Waals surface area (Å²) < 4.78 is 0. The summed E-state index contributed by atoms with van der Waals surface area (Å²) in [4.78, 5) is 35.3. The van der Waals surface area contributed by atoms with Gasteiger partial charge >= 0.3 is 5.97 Å². The van der Waals surface area contributed by atoms with Crippen LogP contribution in [0, 0.1) is 11.8 Å². The van der Waals surface area contributed by atoms with E-state index in [0.717, 1.165) is 30.6 Å². The van der Waals surface area contributed by atoms with E-state index < -0.39 is 5.97 Å². The number of nitrogens with zero attached hydrogens (tertiary/aromatic N) is 1. The highest BCUT2D eigenvalue weighted by Gasteiger charge is 2.47. The number of aliphatic carboxylic acids is 1. The van der Waals surface area contributed by atoms with Crippen LogP contribution in [0.3, 0.4) is 0 Å². The maximum Gasteiger partial charge on any atom is 0.305 e. The fraction of sp³-hybridized carbons (Fsp3) is 0.727. The fourth-order valence-corrected chi connectivity index (χ4v) is 2.66. The third-order valence-electron chi connectivity index (χ3n) is 3.48. The van der Waals surface area contributed by atoms with E-state index in [9.17, 15) is 14.4 Å². The van der Waals surface area contributed by atoms with E-state index in [0.29, 0.717) is 0 Å². The second-order valence-corrected chi connectivity index (χ2v) is 4.47. The van der Waals surface area contributed by atoms with E-state index in [-0.39, 0.29) is 36.6 Å². The van der Waals surface area contributed by atoms with Crippen molar-refractivity contribution < 1.29 is 19.5 Å². The Hall–Kier alpha value is -1.39. The Morgan fingerprint density at radius 1 is 1.19 bits per heavy atom. The lowest BCUT2D eigenvalue weighted by Gasteiger charge is -2.19. The quantitative estimate of drug-likeness (QED) is 0.715. The Morgan fingerprint density at radius 3 is 2.12 bits per heavy atom. The summed E-state index contributed by atoms with van der Waals surface area (Å²) in [6.07, 6.45) is 3.38. The second kappa shape index (κ2) is 4.23. The fourth-order valence-electron chi connectivity index (χ4n) is 2.66. The molecule has 1 heterocycles. The van der Waals surface area contributed by atoms with Crippen LogP contribution in [0.2, 0.25) is 0 Å². The van der Waals surface area contributed by atoms with Crippen LogP contribution >= 0.6 is 0 Å². The molecule has 88 valence electrons. The van der Waals surface area contributed by atoms with Crippen LogP contribution in [0.15, 0.2) is 0 Å². The molecule has 5 nitrogen and oxygen atoms in total. The molecule has 0 aromatic heterocycles. The molecule has 2 aliphatic rings. The molecule has 0 unspecified atom stereocenters. The zero-order valence-corrected chi connectivity index (χ0v) is 9.02. The average Bonchev–Trinajstić information content (AvgIpc) is 2.50. The number of carbonyl (C=O) groups excluding carboxylic acids is 2. The van der Waals surface area contributed by atoms with E-state index >= 15 is 0 Å². The molecule has 2 amide bonds. The smallest absolute Gasteiger partial charge is 0.305 e. The van der Waals surface area contributed by atoms with Gasteiger partial charge in [-0.2, -0.15) is 0 Å². The molecule has 0 aromatic carbocycles. The summed E-state index contributed by atoms with van der Waals surface area (Å²) in [6.45, 7) is 0.0278. The standard InChI is InChI=1S/C11H15NO4/c13-9(14)5-6-12-10(15)7-3-1-2-4-8(7)11(12)16/h7-8H,1-6H2,(H,13,14)/t7-,8-/m0/s1. The molecule has 0 aromatic rings. The summed E-state index contributed by atoms with van der Waals surface area (Å²) in [5, 5.41) is 8.56. The molecule has 2 rings (SSSR count). The van der Waals surface area contributed by atoms with Crippen molar-refractivity contribution in [3.8, 4) is 0 Å². The maximum atomic E-state index is 11.9. The van der Waals surface area contributed by atoms with Gasteiger partial charge in [0, 0.05) is 6.54 Å². The van der Waals surface area contributed by atoms with E-state index in [1.54, 1.807) is 0 Å². The first-order valence-corrected chi connectivity index (χ1v) is 5.68. The topological polar surface area (TPSA) is 74.7 Å². The Bertz CT molecular complexity index is 315. The molecular weight excluding hydrogens is 210 g/mol. The molecule has 1 saturated heterocycles. The Morgan fingerprint density at radius 2 is 1.69 bits per heavy atom. The number of fused-ring (bicyclic) bond motifs is 1. The highest BCUT2D eigenvalue weighted by atomic mass is 16.4. The van der Waals surface area contributed by atoms with Gasteiger partial charge in [0.1, 0.15) is 0 Å². The summed E-state index contributed by atoms with van der Waals surface area (Å²) >= 11 is 0.